The number of nitrogens with one attached hydrogen (secondary N) is 1. The summed E-state index contributed by atoms with van der Waals surface area (Å²) in [7, 11) is -3.25. The summed E-state index contributed by atoms with van der Waals surface area (Å²) in [6, 6.07) is 7.25. The Kier molecular flexibility index (Phi) is 3.94. The molecule has 2 rings (SSSR count). The van der Waals surface area contributed by atoms with Gasteiger partial charge in [-0.1, -0.05) is 31.0 Å². The zero-order valence-corrected chi connectivity index (χ0v) is 11.1. The second-order valence-corrected chi connectivity index (χ2v) is 6.57. The van der Waals surface area contributed by atoms with Gasteiger partial charge in [-0.2, -0.15) is 0 Å². The van der Waals surface area contributed by atoms with Crippen molar-refractivity contribution in [3.8, 4) is 0 Å². The Hall–Kier alpha value is -0.740. The number of hydrogen-bond donors (Lipinski definition) is 1. The van der Waals surface area contributed by atoms with Crippen LogP contribution in [-0.4, -0.2) is 13.7 Å². The van der Waals surface area contributed by atoms with Crippen LogP contribution in [0, 0.1) is 0 Å². The zero-order chi connectivity index (χ0) is 12.3. The molecule has 1 aliphatic carbocycles. The van der Waals surface area contributed by atoms with E-state index in [0.29, 0.717) is 11.6 Å². The van der Waals surface area contributed by atoms with Crippen molar-refractivity contribution in [3.63, 3.8) is 0 Å². The predicted molar refractivity (Wildman–Crippen MR) is 70.8 cm³/mol. The van der Waals surface area contributed by atoms with E-state index in [4.69, 9.17) is 11.6 Å². The van der Waals surface area contributed by atoms with E-state index in [1.54, 1.807) is 6.07 Å². The fourth-order valence-corrected chi connectivity index (χ4v) is 4.03. The van der Waals surface area contributed by atoms with Crippen LogP contribution < -0.4 is 4.72 Å². The summed E-state index contributed by atoms with van der Waals surface area (Å²) in [5.74, 6) is 0.309. The van der Waals surface area contributed by atoms with Gasteiger partial charge in [0.2, 0.25) is 10.0 Å². The molecule has 0 amide bonds. The number of hydrogen-bond acceptors (Lipinski definition) is 2. The van der Waals surface area contributed by atoms with E-state index in [-0.39, 0.29) is 5.25 Å². The Morgan fingerprint density at radius 2 is 1.88 bits per heavy atom. The van der Waals surface area contributed by atoms with Crippen LogP contribution in [0.2, 0.25) is 0 Å². The van der Waals surface area contributed by atoms with Gasteiger partial charge in [0.1, 0.15) is 0 Å². The lowest BCUT2D eigenvalue weighted by atomic mass is 10.2. The molecule has 5 heteroatoms. The first-order chi connectivity index (χ1) is 8.13. The molecule has 94 valence electrons. The zero-order valence-electron chi connectivity index (χ0n) is 9.52. The predicted octanol–water partition coefficient (Wildman–Crippen LogP) is 3.11. The molecule has 1 aliphatic rings. The van der Waals surface area contributed by atoms with Crippen molar-refractivity contribution >= 4 is 27.3 Å². The third-order valence-corrected chi connectivity index (χ3v) is 5.30. The van der Waals surface area contributed by atoms with Crippen molar-refractivity contribution in [2.75, 3.05) is 4.72 Å². The fraction of sp³-hybridized carbons (Fsp3) is 0.500. The van der Waals surface area contributed by atoms with Crippen molar-refractivity contribution < 1.29 is 8.42 Å². The van der Waals surface area contributed by atoms with Crippen molar-refractivity contribution in [2.24, 2.45) is 0 Å². The summed E-state index contributed by atoms with van der Waals surface area (Å²) < 4.78 is 26.9. The highest BCUT2D eigenvalue weighted by Crippen LogP contribution is 2.27. The van der Waals surface area contributed by atoms with E-state index < -0.39 is 10.0 Å². The van der Waals surface area contributed by atoms with Crippen molar-refractivity contribution in [1.29, 1.82) is 0 Å². The molecule has 0 bridgehead atoms. The first-order valence-electron chi connectivity index (χ1n) is 5.79. The van der Waals surface area contributed by atoms with Crippen LogP contribution >= 0.6 is 11.6 Å². The van der Waals surface area contributed by atoms with Crippen LogP contribution in [0.25, 0.3) is 0 Å². The van der Waals surface area contributed by atoms with E-state index in [1.165, 1.54) is 0 Å². The topological polar surface area (TPSA) is 46.2 Å². The highest BCUT2D eigenvalue weighted by atomic mass is 35.5. The molecule has 0 spiro atoms. The molecule has 1 aromatic rings. The lowest BCUT2D eigenvalue weighted by Gasteiger charge is -2.15. The molecule has 0 saturated heterocycles. The minimum Gasteiger partial charge on any atom is -0.283 e. The van der Waals surface area contributed by atoms with Gasteiger partial charge in [-0.25, -0.2) is 8.42 Å². The molecule has 1 aromatic carbocycles. The van der Waals surface area contributed by atoms with Crippen LogP contribution in [0.3, 0.4) is 0 Å². The molecule has 1 fully saturated rings. The van der Waals surface area contributed by atoms with Crippen LogP contribution in [0.4, 0.5) is 5.69 Å². The third kappa shape index (κ3) is 2.93. The maximum atomic E-state index is 12.1. The molecular weight excluding hydrogens is 258 g/mol. The van der Waals surface area contributed by atoms with Crippen LogP contribution in [0.5, 0.6) is 0 Å². The molecule has 1 saturated carbocycles. The number of anilines is 1. The highest BCUT2D eigenvalue weighted by molar-refractivity contribution is 7.93. The van der Waals surface area contributed by atoms with Gasteiger partial charge >= 0.3 is 0 Å². The smallest absolute Gasteiger partial charge is 0.235 e. The lowest BCUT2D eigenvalue weighted by molar-refractivity contribution is 0.585. The Morgan fingerprint density at radius 1 is 1.24 bits per heavy atom. The van der Waals surface area contributed by atoms with Gasteiger partial charge in [0.25, 0.3) is 0 Å². The molecule has 0 atom stereocenters. The van der Waals surface area contributed by atoms with Crippen LogP contribution in [-0.2, 0) is 15.9 Å². The number of alkyl halides is 1. The number of para-hydroxylation sites is 1. The van der Waals surface area contributed by atoms with Gasteiger partial charge in [-0.15, -0.1) is 11.6 Å². The maximum Gasteiger partial charge on any atom is 0.235 e. The average Bonchev–Trinajstić information content (AvgIpc) is 2.83. The highest BCUT2D eigenvalue weighted by Gasteiger charge is 2.28. The molecule has 0 aromatic heterocycles. The third-order valence-electron chi connectivity index (χ3n) is 3.15. The standard InChI is InChI=1S/C12H16ClNO2S/c13-9-10-5-1-4-8-12(10)14-17(15,16)11-6-2-3-7-11/h1,4-5,8,11,14H,2-3,6-7,9H2. The molecule has 0 heterocycles. The molecule has 0 radical (unpaired) electrons. The molecule has 0 unspecified atom stereocenters. The normalized spacial score (nSPS) is 17.2. The van der Waals surface area contributed by atoms with Gasteiger partial charge in [0, 0.05) is 5.88 Å². The summed E-state index contributed by atoms with van der Waals surface area (Å²) in [5, 5.41) is -0.245. The van der Waals surface area contributed by atoms with E-state index in [2.05, 4.69) is 4.72 Å². The van der Waals surface area contributed by atoms with Crippen molar-refractivity contribution in [3.05, 3.63) is 29.8 Å². The first kappa shape index (κ1) is 12.7. The second-order valence-electron chi connectivity index (χ2n) is 4.34. The number of rotatable bonds is 4. The fourth-order valence-electron chi connectivity index (χ4n) is 2.17. The van der Waals surface area contributed by atoms with Crippen LogP contribution in [0.1, 0.15) is 31.2 Å². The maximum absolute atomic E-state index is 12.1. The van der Waals surface area contributed by atoms with Gasteiger partial charge in [-0.3, -0.25) is 4.72 Å². The largest absolute Gasteiger partial charge is 0.283 e. The Balaban J connectivity index is 2.19. The second kappa shape index (κ2) is 5.27. The van der Waals surface area contributed by atoms with E-state index >= 15 is 0 Å². The summed E-state index contributed by atoms with van der Waals surface area (Å²) in [5.41, 5.74) is 1.42. The van der Waals surface area contributed by atoms with Crippen LogP contribution in [0.15, 0.2) is 24.3 Å². The van der Waals surface area contributed by atoms with Gasteiger partial charge in [0.05, 0.1) is 10.9 Å². The number of halogens is 1. The SMILES string of the molecule is O=S(=O)(Nc1ccccc1CCl)C1CCCC1. The summed E-state index contributed by atoms with van der Waals surface area (Å²) in [6.07, 6.45) is 3.53. The van der Waals surface area contributed by atoms with E-state index in [1.807, 2.05) is 18.2 Å². The van der Waals surface area contributed by atoms with E-state index in [9.17, 15) is 8.42 Å². The average molecular weight is 274 g/mol. The Bertz CT molecular complexity index is 481. The van der Waals surface area contributed by atoms with Gasteiger partial charge in [0.15, 0.2) is 0 Å². The summed E-state index contributed by atoms with van der Waals surface area (Å²) in [4.78, 5) is 0. The molecular formula is C12H16ClNO2S. The molecule has 17 heavy (non-hydrogen) atoms. The van der Waals surface area contributed by atoms with E-state index in [0.717, 1.165) is 31.2 Å². The minimum absolute atomic E-state index is 0.245. The molecule has 3 nitrogen and oxygen atoms in total. The Morgan fingerprint density at radius 3 is 2.53 bits per heavy atom. The monoisotopic (exact) mass is 273 g/mol. The quantitative estimate of drug-likeness (QED) is 0.857. The van der Waals surface area contributed by atoms with Gasteiger partial charge in [-0.05, 0) is 24.5 Å². The number of sulfonamides is 1. The lowest BCUT2D eigenvalue weighted by Crippen LogP contribution is -2.25. The summed E-state index contributed by atoms with van der Waals surface area (Å²) >= 11 is 5.79. The van der Waals surface area contributed by atoms with Crippen molar-refractivity contribution in [2.45, 2.75) is 36.8 Å². The summed E-state index contributed by atoms with van der Waals surface area (Å²) in [6.45, 7) is 0. The molecule has 1 N–H and O–H groups in total. The molecule has 0 aliphatic heterocycles. The first-order valence-corrected chi connectivity index (χ1v) is 7.87. The Labute approximate surface area is 107 Å². The number of benzene rings is 1. The van der Waals surface area contributed by atoms with Gasteiger partial charge < -0.3 is 0 Å². The minimum atomic E-state index is -3.25. The van der Waals surface area contributed by atoms with Crippen molar-refractivity contribution in [1.82, 2.24) is 0 Å².